The number of hydrogen-bond donors (Lipinski definition) is 1. The van der Waals surface area contributed by atoms with E-state index >= 15 is 0 Å². The second-order valence-corrected chi connectivity index (χ2v) is 4.52. The lowest BCUT2D eigenvalue weighted by molar-refractivity contribution is 0.415. The molecule has 0 saturated heterocycles. The predicted molar refractivity (Wildman–Crippen MR) is 64.8 cm³/mol. The molecule has 0 aliphatic carbocycles. The summed E-state index contributed by atoms with van der Waals surface area (Å²) in [5.74, 6) is 0.647. The fourth-order valence-electron chi connectivity index (χ4n) is 1.25. The molecule has 0 radical (unpaired) electrons. The van der Waals surface area contributed by atoms with Crippen LogP contribution in [0.5, 0.6) is 5.75 Å². The second-order valence-electron chi connectivity index (χ2n) is 3.05. The minimum absolute atomic E-state index is 0.404. The third kappa shape index (κ3) is 2.16. The Kier molecular flexibility index (Phi) is 3.38. The quantitative estimate of drug-likeness (QED) is 0.914. The Bertz CT molecular complexity index is 501. The summed E-state index contributed by atoms with van der Waals surface area (Å²) in [5, 5.41) is 10.2. The Morgan fingerprint density at radius 1 is 1.44 bits per heavy atom. The van der Waals surface area contributed by atoms with E-state index < -0.39 is 0 Å². The number of methoxy groups -OCH3 is 1. The van der Waals surface area contributed by atoms with Gasteiger partial charge in [-0.05, 0) is 18.2 Å². The van der Waals surface area contributed by atoms with Crippen molar-refractivity contribution in [1.82, 2.24) is 10.2 Å². The summed E-state index contributed by atoms with van der Waals surface area (Å²) in [6.07, 6.45) is 0. The SMILES string of the molecule is COc1ccc(-c2nnc(CN)s2)cc1Cl. The molecule has 4 nitrogen and oxygen atoms in total. The van der Waals surface area contributed by atoms with Crippen LogP contribution in [0.15, 0.2) is 18.2 Å². The summed E-state index contributed by atoms with van der Waals surface area (Å²) >= 11 is 7.49. The average Bonchev–Trinajstić information content (AvgIpc) is 2.77. The minimum Gasteiger partial charge on any atom is -0.495 e. The number of aromatic nitrogens is 2. The number of rotatable bonds is 3. The van der Waals surface area contributed by atoms with Gasteiger partial charge in [-0.2, -0.15) is 0 Å². The van der Waals surface area contributed by atoms with Crippen molar-refractivity contribution in [3.05, 3.63) is 28.2 Å². The highest BCUT2D eigenvalue weighted by Gasteiger charge is 2.08. The fraction of sp³-hybridized carbons (Fsp3) is 0.200. The van der Waals surface area contributed by atoms with Crippen LogP contribution in [-0.2, 0) is 6.54 Å². The Labute approximate surface area is 102 Å². The van der Waals surface area contributed by atoms with Crippen molar-refractivity contribution in [2.24, 2.45) is 5.73 Å². The number of nitrogens with zero attached hydrogens (tertiary/aromatic N) is 2. The molecule has 0 amide bonds. The van der Waals surface area contributed by atoms with E-state index in [1.807, 2.05) is 6.07 Å². The maximum absolute atomic E-state index is 6.03. The molecule has 0 aliphatic rings. The summed E-state index contributed by atoms with van der Waals surface area (Å²) in [5.41, 5.74) is 6.40. The number of halogens is 1. The summed E-state index contributed by atoms with van der Waals surface area (Å²) < 4.78 is 5.08. The molecule has 1 aromatic carbocycles. The van der Waals surface area contributed by atoms with Gasteiger partial charge >= 0.3 is 0 Å². The first-order valence-electron chi connectivity index (χ1n) is 4.61. The van der Waals surface area contributed by atoms with Crippen molar-refractivity contribution in [3.63, 3.8) is 0 Å². The highest BCUT2D eigenvalue weighted by molar-refractivity contribution is 7.14. The lowest BCUT2D eigenvalue weighted by Crippen LogP contribution is -1.94. The van der Waals surface area contributed by atoms with Crippen molar-refractivity contribution in [3.8, 4) is 16.3 Å². The monoisotopic (exact) mass is 255 g/mol. The number of ether oxygens (including phenoxy) is 1. The van der Waals surface area contributed by atoms with Crippen LogP contribution in [-0.4, -0.2) is 17.3 Å². The first kappa shape index (κ1) is 11.3. The molecular weight excluding hydrogens is 246 g/mol. The molecule has 84 valence electrons. The van der Waals surface area contributed by atoms with E-state index in [-0.39, 0.29) is 0 Å². The first-order valence-corrected chi connectivity index (χ1v) is 5.80. The molecule has 2 N–H and O–H groups in total. The smallest absolute Gasteiger partial charge is 0.147 e. The number of hydrogen-bond acceptors (Lipinski definition) is 5. The third-order valence-electron chi connectivity index (χ3n) is 2.04. The lowest BCUT2D eigenvalue weighted by atomic mass is 10.2. The zero-order valence-electron chi connectivity index (χ0n) is 8.61. The third-order valence-corrected chi connectivity index (χ3v) is 3.33. The minimum atomic E-state index is 0.404. The molecule has 0 unspecified atom stereocenters. The standard InChI is InChI=1S/C10H10ClN3OS/c1-15-8-3-2-6(4-7(8)11)10-14-13-9(5-12)16-10/h2-4H,5,12H2,1H3. The van der Waals surface area contributed by atoms with Gasteiger partial charge in [-0.15, -0.1) is 10.2 Å². The molecule has 0 spiro atoms. The molecule has 16 heavy (non-hydrogen) atoms. The summed E-state index contributed by atoms with van der Waals surface area (Å²) in [4.78, 5) is 0. The predicted octanol–water partition coefficient (Wildman–Crippen LogP) is 2.33. The number of nitrogens with two attached hydrogens (primary N) is 1. The van der Waals surface area contributed by atoms with E-state index in [9.17, 15) is 0 Å². The van der Waals surface area contributed by atoms with Gasteiger partial charge in [-0.25, -0.2) is 0 Å². The Balaban J connectivity index is 2.37. The van der Waals surface area contributed by atoms with E-state index in [0.717, 1.165) is 15.6 Å². The van der Waals surface area contributed by atoms with Gasteiger partial charge in [0, 0.05) is 12.1 Å². The molecule has 0 atom stereocenters. The van der Waals surface area contributed by atoms with E-state index in [4.69, 9.17) is 22.1 Å². The first-order chi connectivity index (χ1) is 7.74. The maximum Gasteiger partial charge on any atom is 0.147 e. The zero-order chi connectivity index (χ0) is 11.5. The zero-order valence-corrected chi connectivity index (χ0v) is 10.2. The molecule has 0 aliphatic heterocycles. The maximum atomic E-state index is 6.03. The Morgan fingerprint density at radius 3 is 2.81 bits per heavy atom. The molecule has 2 rings (SSSR count). The van der Waals surface area contributed by atoms with Crippen molar-refractivity contribution in [2.75, 3.05) is 7.11 Å². The summed E-state index contributed by atoms with van der Waals surface area (Å²) in [6, 6.07) is 5.51. The highest BCUT2D eigenvalue weighted by Crippen LogP contribution is 2.31. The van der Waals surface area contributed by atoms with E-state index in [2.05, 4.69) is 10.2 Å². The van der Waals surface area contributed by atoms with Gasteiger partial charge in [0.25, 0.3) is 0 Å². The van der Waals surface area contributed by atoms with Gasteiger partial charge in [-0.1, -0.05) is 22.9 Å². The molecule has 1 aromatic heterocycles. The molecule has 6 heteroatoms. The van der Waals surface area contributed by atoms with Crippen LogP contribution < -0.4 is 10.5 Å². The van der Waals surface area contributed by atoms with Crippen LogP contribution in [0.4, 0.5) is 0 Å². The highest BCUT2D eigenvalue weighted by atomic mass is 35.5. The van der Waals surface area contributed by atoms with Crippen LogP contribution >= 0.6 is 22.9 Å². The molecule has 0 bridgehead atoms. The van der Waals surface area contributed by atoms with Gasteiger partial charge < -0.3 is 10.5 Å². The molecule has 2 aromatic rings. The van der Waals surface area contributed by atoms with Gasteiger partial charge in [0.1, 0.15) is 15.8 Å². The lowest BCUT2D eigenvalue weighted by Gasteiger charge is -2.03. The summed E-state index contributed by atoms with van der Waals surface area (Å²) in [6.45, 7) is 0.404. The van der Waals surface area contributed by atoms with Gasteiger partial charge in [0.2, 0.25) is 0 Å². The van der Waals surface area contributed by atoms with E-state index in [0.29, 0.717) is 17.3 Å². The molecular formula is C10H10ClN3OS. The normalized spacial score (nSPS) is 10.4. The van der Waals surface area contributed by atoms with Crippen molar-refractivity contribution < 1.29 is 4.74 Å². The van der Waals surface area contributed by atoms with Gasteiger partial charge in [-0.3, -0.25) is 0 Å². The summed E-state index contributed by atoms with van der Waals surface area (Å²) in [7, 11) is 1.58. The number of benzene rings is 1. The Hall–Kier alpha value is -1.17. The van der Waals surface area contributed by atoms with Gasteiger partial charge in [0.05, 0.1) is 12.1 Å². The van der Waals surface area contributed by atoms with Crippen LogP contribution in [0, 0.1) is 0 Å². The fourth-order valence-corrected chi connectivity index (χ4v) is 2.22. The van der Waals surface area contributed by atoms with Crippen LogP contribution in [0.25, 0.3) is 10.6 Å². The van der Waals surface area contributed by atoms with E-state index in [1.165, 1.54) is 11.3 Å². The van der Waals surface area contributed by atoms with Crippen LogP contribution in [0.3, 0.4) is 0 Å². The van der Waals surface area contributed by atoms with Crippen molar-refractivity contribution >= 4 is 22.9 Å². The molecule has 0 saturated carbocycles. The van der Waals surface area contributed by atoms with E-state index in [1.54, 1.807) is 19.2 Å². The van der Waals surface area contributed by atoms with Crippen molar-refractivity contribution in [2.45, 2.75) is 6.54 Å². The van der Waals surface area contributed by atoms with Crippen LogP contribution in [0.2, 0.25) is 5.02 Å². The molecule has 1 heterocycles. The topological polar surface area (TPSA) is 61.0 Å². The van der Waals surface area contributed by atoms with Crippen molar-refractivity contribution in [1.29, 1.82) is 0 Å². The van der Waals surface area contributed by atoms with Crippen LogP contribution in [0.1, 0.15) is 5.01 Å². The molecule has 0 fully saturated rings. The van der Waals surface area contributed by atoms with Gasteiger partial charge in [0.15, 0.2) is 0 Å². The second kappa shape index (κ2) is 4.78. The Morgan fingerprint density at radius 2 is 2.25 bits per heavy atom. The largest absolute Gasteiger partial charge is 0.495 e. The average molecular weight is 256 g/mol.